The Labute approximate surface area is 127 Å². The minimum absolute atomic E-state index is 0.203. The smallest absolute Gasteiger partial charge is 0.328 e. The zero-order valence-electron chi connectivity index (χ0n) is 12.1. The molecule has 0 amide bonds. The second kappa shape index (κ2) is 6.53. The van der Waals surface area contributed by atoms with Crippen molar-refractivity contribution in [1.29, 1.82) is 5.26 Å². The monoisotopic (exact) mass is 326 g/mol. The molecule has 118 valence electrons. The molecule has 0 fully saturated rings. The van der Waals surface area contributed by atoms with Crippen LogP contribution in [0.3, 0.4) is 0 Å². The number of nitrogens with zero attached hydrogens (tertiary/aromatic N) is 2. The van der Waals surface area contributed by atoms with Crippen LogP contribution in [0.4, 0.5) is 5.69 Å². The number of sulfone groups is 1. The average Bonchev–Trinajstić information content (AvgIpc) is 2.37. The molecule has 1 atom stereocenters. The van der Waals surface area contributed by atoms with Gasteiger partial charge in [-0.1, -0.05) is 0 Å². The van der Waals surface area contributed by atoms with Crippen molar-refractivity contribution in [2.75, 3.05) is 6.26 Å². The van der Waals surface area contributed by atoms with Gasteiger partial charge in [-0.15, -0.1) is 0 Å². The summed E-state index contributed by atoms with van der Waals surface area (Å²) in [6.07, 6.45) is 0.415. The molecular formula is C13H14N2O6S. The first-order chi connectivity index (χ1) is 10.1. The highest BCUT2D eigenvalue weighted by molar-refractivity contribution is 7.90. The highest BCUT2D eigenvalue weighted by Crippen LogP contribution is 2.30. The third kappa shape index (κ3) is 4.02. The summed E-state index contributed by atoms with van der Waals surface area (Å²) >= 11 is 0. The molecule has 0 bridgehead atoms. The van der Waals surface area contributed by atoms with Gasteiger partial charge in [0.15, 0.2) is 15.8 Å². The molecule has 0 aliphatic carbocycles. The number of hydrogen-bond donors (Lipinski definition) is 0. The molecule has 1 aromatic carbocycles. The molecule has 22 heavy (non-hydrogen) atoms. The van der Waals surface area contributed by atoms with Crippen molar-refractivity contribution in [2.45, 2.75) is 30.8 Å². The van der Waals surface area contributed by atoms with E-state index in [0.29, 0.717) is 0 Å². The van der Waals surface area contributed by atoms with Crippen molar-refractivity contribution in [3.8, 4) is 6.07 Å². The summed E-state index contributed by atoms with van der Waals surface area (Å²) in [4.78, 5) is 21.9. The number of ether oxygens (including phenoxy) is 1. The molecule has 1 unspecified atom stereocenters. The van der Waals surface area contributed by atoms with Crippen LogP contribution in [0.2, 0.25) is 0 Å². The lowest BCUT2D eigenvalue weighted by Gasteiger charge is -2.13. The first kappa shape index (κ1) is 17.6. The maximum atomic E-state index is 11.9. The van der Waals surface area contributed by atoms with Crippen molar-refractivity contribution in [2.24, 2.45) is 0 Å². The van der Waals surface area contributed by atoms with E-state index >= 15 is 0 Å². The van der Waals surface area contributed by atoms with Gasteiger partial charge in [-0.25, -0.2) is 8.42 Å². The third-order valence-corrected chi connectivity index (χ3v) is 3.76. The molecule has 0 N–H and O–H groups in total. The van der Waals surface area contributed by atoms with Crippen LogP contribution in [-0.2, 0) is 19.4 Å². The van der Waals surface area contributed by atoms with Gasteiger partial charge < -0.3 is 4.74 Å². The molecular weight excluding hydrogens is 312 g/mol. The lowest BCUT2D eigenvalue weighted by molar-refractivity contribution is -0.385. The van der Waals surface area contributed by atoms with E-state index in [1.807, 2.05) is 0 Å². The van der Waals surface area contributed by atoms with Crippen molar-refractivity contribution < 1.29 is 22.9 Å². The molecule has 1 aromatic rings. The number of nitriles is 1. The Balaban J connectivity index is 3.43. The molecule has 0 aromatic heterocycles. The summed E-state index contributed by atoms with van der Waals surface area (Å²) in [5.74, 6) is -2.43. The summed E-state index contributed by atoms with van der Waals surface area (Å²) < 4.78 is 27.8. The Morgan fingerprint density at radius 1 is 1.41 bits per heavy atom. The summed E-state index contributed by atoms with van der Waals surface area (Å²) in [6.45, 7) is 3.15. The van der Waals surface area contributed by atoms with Gasteiger partial charge in [0.2, 0.25) is 0 Å². The van der Waals surface area contributed by atoms with Crippen molar-refractivity contribution in [3.63, 3.8) is 0 Å². The zero-order valence-corrected chi connectivity index (χ0v) is 13.0. The molecule has 0 saturated carbocycles. The fraction of sp³-hybridized carbons (Fsp3) is 0.385. The van der Waals surface area contributed by atoms with Crippen LogP contribution >= 0.6 is 0 Å². The molecule has 9 heteroatoms. The average molecular weight is 326 g/mol. The normalized spacial score (nSPS) is 12.5. The van der Waals surface area contributed by atoms with Crippen LogP contribution in [0.1, 0.15) is 25.3 Å². The van der Waals surface area contributed by atoms with Crippen LogP contribution in [0, 0.1) is 21.4 Å². The lowest BCUT2D eigenvalue weighted by atomic mass is 9.99. The molecule has 1 rings (SSSR count). The van der Waals surface area contributed by atoms with Gasteiger partial charge in [0, 0.05) is 12.3 Å². The van der Waals surface area contributed by atoms with Crippen molar-refractivity contribution in [3.05, 3.63) is 33.9 Å². The molecule has 0 heterocycles. The van der Waals surface area contributed by atoms with E-state index < -0.39 is 38.4 Å². The predicted molar refractivity (Wildman–Crippen MR) is 75.8 cm³/mol. The number of carbonyl (C=O) groups excluding carboxylic acids is 1. The maximum Gasteiger partial charge on any atom is 0.328 e. The Morgan fingerprint density at radius 2 is 2.00 bits per heavy atom. The Kier molecular flexibility index (Phi) is 5.22. The Hall–Kier alpha value is -2.47. The van der Waals surface area contributed by atoms with Gasteiger partial charge in [0.05, 0.1) is 27.6 Å². The minimum Gasteiger partial charge on any atom is -0.462 e. The van der Waals surface area contributed by atoms with Crippen LogP contribution in [-0.4, -0.2) is 31.7 Å². The molecule has 0 saturated heterocycles. The highest BCUT2D eigenvalue weighted by Gasteiger charge is 2.31. The highest BCUT2D eigenvalue weighted by atomic mass is 32.2. The standard InChI is InChI=1S/C13H14N2O6S/c1-8(2)21-13(16)11(7-14)10-5-4-9(22(3,19)20)6-12(10)15(17)18/h4-6,8,11H,1-3H3. The SMILES string of the molecule is CC(C)OC(=O)C(C#N)c1ccc(S(C)(=O)=O)cc1[N+](=O)[O-]. The predicted octanol–water partition coefficient (Wildman–Crippen LogP) is 1.56. The summed E-state index contributed by atoms with van der Waals surface area (Å²) in [5, 5.41) is 20.2. The van der Waals surface area contributed by atoms with Crippen LogP contribution < -0.4 is 0 Å². The Morgan fingerprint density at radius 3 is 2.41 bits per heavy atom. The maximum absolute atomic E-state index is 11.9. The largest absolute Gasteiger partial charge is 0.462 e. The first-order valence-corrected chi connectivity index (χ1v) is 8.05. The Bertz CT molecular complexity index is 748. The summed E-state index contributed by atoms with van der Waals surface area (Å²) in [7, 11) is -3.65. The molecule has 0 radical (unpaired) electrons. The second-order valence-electron chi connectivity index (χ2n) is 4.80. The topological polar surface area (TPSA) is 127 Å². The number of benzene rings is 1. The van der Waals surface area contributed by atoms with Crippen LogP contribution in [0.5, 0.6) is 0 Å². The number of nitro groups is 1. The van der Waals surface area contributed by atoms with Gasteiger partial charge >= 0.3 is 5.97 Å². The first-order valence-electron chi connectivity index (χ1n) is 6.16. The molecule has 0 aliphatic heterocycles. The minimum atomic E-state index is -3.65. The quantitative estimate of drug-likeness (QED) is 0.456. The molecule has 8 nitrogen and oxygen atoms in total. The van der Waals surface area contributed by atoms with Crippen molar-refractivity contribution >= 4 is 21.5 Å². The van der Waals surface area contributed by atoms with Gasteiger partial charge in [-0.3, -0.25) is 14.9 Å². The van der Waals surface area contributed by atoms with E-state index in [9.17, 15) is 23.3 Å². The fourth-order valence-corrected chi connectivity index (χ4v) is 2.35. The number of esters is 1. The van der Waals surface area contributed by atoms with Gasteiger partial charge in [-0.05, 0) is 26.0 Å². The zero-order chi connectivity index (χ0) is 17.1. The van der Waals surface area contributed by atoms with Gasteiger partial charge in [0.1, 0.15) is 0 Å². The lowest BCUT2D eigenvalue weighted by Crippen LogP contribution is -2.19. The van der Waals surface area contributed by atoms with Crippen LogP contribution in [0.15, 0.2) is 23.1 Å². The number of nitro benzene ring substituents is 1. The van der Waals surface area contributed by atoms with E-state index in [0.717, 1.165) is 24.5 Å². The molecule has 0 spiro atoms. The number of hydrogen-bond acceptors (Lipinski definition) is 7. The third-order valence-electron chi connectivity index (χ3n) is 2.65. The number of rotatable bonds is 5. The van der Waals surface area contributed by atoms with E-state index in [-0.39, 0.29) is 10.5 Å². The van der Waals surface area contributed by atoms with Gasteiger partial charge in [-0.2, -0.15) is 5.26 Å². The van der Waals surface area contributed by atoms with Gasteiger partial charge in [0.25, 0.3) is 5.69 Å². The van der Waals surface area contributed by atoms with Crippen molar-refractivity contribution in [1.82, 2.24) is 0 Å². The summed E-state index contributed by atoms with van der Waals surface area (Å²) in [6, 6.07) is 4.68. The van der Waals surface area contributed by atoms with E-state index in [2.05, 4.69) is 0 Å². The fourth-order valence-electron chi connectivity index (χ4n) is 1.71. The second-order valence-corrected chi connectivity index (χ2v) is 6.81. The van der Waals surface area contributed by atoms with E-state index in [1.165, 1.54) is 0 Å². The van der Waals surface area contributed by atoms with E-state index in [1.54, 1.807) is 19.9 Å². The van der Waals surface area contributed by atoms with E-state index in [4.69, 9.17) is 10.00 Å². The summed E-state index contributed by atoms with van der Waals surface area (Å²) in [5.41, 5.74) is -0.819. The molecule has 0 aliphatic rings. The van der Waals surface area contributed by atoms with Crippen LogP contribution in [0.25, 0.3) is 0 Å². The number of carbonyl (C=O) groups is 1.